The molecule has 1 heterocycles. The molecule has 70 valence electrons. The lowest BCUT2D eigenvalue weighted by molar-refractivity contribution is 0.288. The first-order chi connectivity index (χ1) is 6.42. The van der Waals surface area contributed by atoms with Crippen LogP contribution in [0.4, 0.5) is 5.69 Å². The van der Waals surface area contributed by atoms with Crippen molar-refractivity contribution in [2.24, 2.45) is 0 Å². The molecule has 0 bridgehead atoms. The van der Waals surface area contributed by atoms with Gasteiger partial charge < -0.3 is 10.4 Å². The van der Waals surface area contributed by atoms with Gasteiger partial charge >= 0.3 is 0 Å². The van der Waals surface area contributed by atoms with E-state index in [4.69, 9.17) is 5.11 Å². The van der Waals surface area contributed by atoms with E-state index in [1.54, 1.807) is 0 Å². The molecule has 0 saturated carbocycles. The molecule has 0 aromatic heterocycles. The van der Waals surface area contributed by atoms with Crippen LogP contribution in [0.25, 0.3) is 0 Å². The van der Waals surface area contributed by atoms with Crippen molar-refractivity contribution in [3.05, 3.63) is 29.3 Å². The second kappa shape index (κ2) is 3.79. The van der Waals surface area contributed by atoms with Crippen molar-refractivity contribution >= 4 is 5.69 Å². The Hall–Kier alpha value is -1.02. The topological polar surface area (TPSA) is 32.3 Å². The number of anilines is 1. The van der Waals surface area contributed by atoms with Crippen molar-refractivity contribution in [3.63, 3.8) is 0 Å². The lowest BCUT2D eigenvalue weighted by Crippen LogP contribution is -1.97. The van der Waals surface area contributed by atoms with Gasteiger partial charge in [0.15, 0.2) is 0 Å². The van der Waals surface area contributed by atoms with Gasteiger partial charge in [-0.15, -0.1) is 0 Å². The molecule has 0 fully saturated rings. The number of aliphatic hydroxyl groups excluding tert-OH is 1. The van der Waals surface area contributed by atoms with Crippen LogP contribution in [0.2, 0.25) is 0 Å². The van der Waals surface area contributed by atoms with Crippen molar-refractivity contribution in [3.8, 4) is 0 Å². The zero-order valence-corrected chi connectivity index (χ0v) is 7.71. The lowest BCUT2D eigenvalue weighted by atomic mass is 10.0. The van der Waals surface area contributed by atoms with Crippen LogP contribution in [0, 0.1) is 0 Å². The molecule has 0 unspecified atom stereocenters. The first-order valence-electron chi connectivity index (χ1n) is 4.87. The maximum Gasteiger partial charge on any atom is 0.0434 e. The summed E-state index contributed by atoms with van der Waals surface area (Å²) in [6.07, 6.45) is 2.98. The number of aliphatic hydroxyl groups is 1. The van der Waals surface area contributed by atoms with E-state index in [2.05, 4.69) is 23.5 Å². The molecule has 0 saturated heterocycles. The monoisotopic (exact) mass is 177 g/mol. The highest BCUT2D eigenvalue weighted by molar-refractivity contribution is 5.61. The Labute approximate surface area is 78.6 Å². The van der Waals surface area contributed by atoms with E-state index < -0.39 is 0 Å². The number of benzene rings is 1. The number of nitrogens with one attached hydrogen (secondary N) is 1. The smallest absolute Gasteiger partial charge is 0.0434 e. The second-order valence-electron chi connectivity index (χ2n) is 3.46. The third kappa shape index (κ3) is 1.68. The van der Waals surface area contributed by atoms with Crippen LogP contribution in [0.15, 0.2) is 18.2 Å². The molecule has 2 nitrogen and oxygen atoms in total. The normalized spacial score (nSPS) is 13.9. The van der Waals surface area contributed by atoms with Gasteiger partial charge in [-0.1, -0.05) is 18.2 Å². The van der Waals surface area contributed by atoms with Gasteiger partial charge in [0.25, 0.3) is 0 Å². The van der Waals surface area contributed by atoms with Crippen LogP contribution in [0.5, 0.6) is 0 Å². The molecule has 0 atom stereocenters. The number of hydrogen-bond donors (Lipinski definition) is 2. The van der Waals surface area contributed by atoms with Crippen LogP contribution in [0.1, 0.15) is 17.5 Å². The fourth-order valence-electron chi connectivity index (χ4n) is 1.89. The van der Waals surface area contributed by atoms with Crippen LogP contribution >= 0.6 is 0 Å². The second-order valence-corrected chi connectivity index (χ2v) is 3.46. The molecule has 1 aliphatic rings. The van der Waals surface area contributed by atoms with Crippen LogP contribution in [0.3, 0.4) is 0 Å². The standard InChI is InChI=1S/C11H15NO/c13-8-2-5-9-3-1-4-10-6-7-12-11(9)10/h1,3-4,12-13H,2,5-8H2. The number of rotatable bonds is 3. The predicted octanol–water partition coefficient (Wildman–Crippen LogP) is 1.58. The minimum Gasteiger partial charge on any atom is -0.396 e. The highest BCUT2D eigenvalue weighted by Gasteiger charge is 2.12. The van der Waals surface area contributed by atoms with Crippen molar-refractivity contribution in [2.75, 3.05) is 18.5 Å². The van der Waals surface area contributed by atoms with Gasteiger partial charge in [0, 0.05) is 18.8 Å². The number of hydrogen-bond acceptors (Lipinski definition) is 2. The number of aryl methyl sites for hydroxylation is 1. The van der Waals surface area contributed by atoms with Gasteiger partial charge in [-0.05, 0) is 30.4 Å². The lowest BCUT2D eigenvalue weighted by Gasteiger charge is -2.07. The predicted molar refractivity (Wildman–Crippen MR) is 54.0 cm³/mol. The van der Waals surface area contributed by atoms with E-state index in [9.17, 15) is 0 Å². The minimum atomic E-state index is 0.281. The van der Waals surface area contributed by atoms with E-state index in [1.807, 2.05) is 0 Å². The molecule has 2 N–H and O–H groups in total. The fourth-order valence-corrected chi connectivity index (χ4v) is 1.89. The molecule has 1 aromatic rings. The van der Waals surface area contributed by atoms with Crippen LogP contribution in [-0.2, 0) is 12.8 Å². The zero-order chi connectivity index (χ0) is 9.10. The first kappa shape index (κ1) is 8.57. The average molecular weight is 177 g/mol. The molecule has 0 radical (unpaired) electrons. The van der Waals surface area contributed by atoms with Crippen molar-refractivity contribution < 1.29 is 5.11 Å². The maximum atomic E-state index is 8.76. The summed E-state index contributed by atoms with van der Waals surface area (Å²) in [5.74, 6) is 0. The maximum absolute atomic E-state index is 8.76. The van der Waals surface area contributed by atoms with E-state index in [0.717, 1.165) is 25.8 Å². The molecular weight excluding hydrogens is 162 g/mol. The Kier molecular flexibility index (Phi) is 2.50. The molecule has 0 aliphatic carbocycles. The molecular formula is C11H15NO. The molecule has 2 heteroatoms. The first-order valence-corrected chi connectivity index (χ1v) is 4.87. The Balaban J connectivity index is 2.20. The molecule has 0 amide bonds. The Morgan fingerprint density at radius 3 is 3.15 bits per heavy atom. The van der Waals surface area contributed by atoms with Gasteiger partial charge in [-0.2, -0.15) is 0 Å². The largest absolute Gasteiger partial charge is 0.396 e. The summed E-state index contributed by atoms with van der Waals surface area (Å²) in [6.45, 7) is 1.34. The van der Waals surface area contributed by atoms with Gasteiger partial charge in [0.2, 0.25) is 0 Å². The summed E-state index contributed by atoms with van der Waals surface area (Å²) < 4.78 is 0. The highest BCUT2D eigenvalue weighted by Crippen LogP contribution is 2.26. The molecule has 0 spiro atoms. The highest BCUT2D eigenvalue weighted by atomic mass is 16.2. The van der Waals surface area contributed by atoms with Crippen molar-refractivity contribution in [1.82, 2.24) is 0 Å². The van der Waals surface area contributed by atoms with Crippen LogP contribution < -0.4 is 5.32 Å². The van der Waals surface area contributed by atoms with Gasteiger partial charge in [0.1, 0.15) is 0 Å². The van der Waals surface area contributed by atoms with Crippen molar-refractivity contribution in [2.45, 2.75) is 19.3 Å². The summed E-state index contributed by atoms with van der Waals surface area (Å²) in [4.78, 5) is 0. The van der Waals surface area contributed by atoms with Gasteiger partial charge in [-0.25, -0.2) is 0 Å². The Morgan fingerprint density at radius 1 is 1.38 bits per heavy atom. The SMILES string of the molecule is OCCCc1cccc2c1NCC2. The zero-order valence-electron chi connectivity index (χ0n) is 7.71. The Bertz CT molecular complexity index is 296. The number of para-hydroxylation sites is 1. The summed E-state index contributed by atoms with van der Waals surface area (Å²) in [5, 5.41) is 12.2. The Morgan fingerprint density at radius 2 is 2.31 bits per heavy atom. The molecule has 13 heavy (non-hydrogen) atoms. The summed E-state index contributed by atoms with van der Waals surface area (Å²) >= 11 is 0. The van der Waals surface area contributed by atoms with E-state index in [0.29, 0.717) is 0 Å². The third-order valence-electron chi connectivity index (χ3n) is 2.54. The van der Waals surface area contributed by atoms with E-state index >= 15 is 0 Å². The fraction of sp³-hybridized carbons (Fsp3) is 0.455. The van der Waals surface area contributed by atoms with Gasteiger partial charge in [-0.3, -0.25) is 0 Å². The van der Waals surface area contributed by atoms with E-state index in [1.165, 1.54) is 16.8 Å². The third-order valence-corrected chi connectivity index (χ3v) is 2.54. The summed E-state index contributed by atoms with van der Waals surface area (Å²) in [5.41, 5.74) is 4.09. The molecule has 2 rings (SSSR count). The quantitative estimate of drug-likeness (QED) is 0.734. The van der Waals surface area contributed by atoms with Crippen LogP contribution in [-0.4, -0.2) is 18.3 Å². The molecule has 1 aliphatic heterocycles. The summed E-state index contributed by atoms with van der Waals surface area (Å²) in [6, 6.07) is 6.43. The number of fused-ring (bicyclic) bond motifs is 1. The van der Waals surface area contributed by atoms with Crippen molar-refractivity contribution in [1.29, 1.82) is 0 Å². The van der Waals surface area contributed by atoms with Gasteiger partial charge in [0.05, 0.1) is 0 Å². The molecule has 1 aromatic carbocycles. The summed E-state index contributed by atoms with van der Waals surface area (Å²) in [7, 11) is 0. The average Bonchev–Trinajstić information content (AvgIpc) is 2.62. The minimum absolute atomic E-state index is 0.281. The van der Waals surface area contributed by atoms with E-state index in [-0.39, 0.29) is 6.61 Å².